The van der Waals surface area contributed by atoms with Crippen LogP contribution in [0, 0.1) is 0 Å². The van der Waals surface area contributed by atoms with Crippen molar-refractivity contribution in [3.05, 3.63) is 17.2 Å². The molecule has 4 nitrogen and oxygen atoms in total. The number of ether oxygens (including phenoxy) is 2. The molecule has 0 aliphatic heterocycles. The molecule has 0 atom stereocenters. The zero-order chi connectivity index (χ0) is 13.7. The van der Waals surface area contributed by atoms with Crippen molar-refractivity contribution >= 4 is 38.3 Å². The highest BCUT2D eigenvalue weighted by Gasteiger charge is 2.12. The highest BCUT2D eigenvalue weighted by molar-refractivity contribution is 7.22. The molecule has 1 heterocycles. The van der Waals surface area contributed by atoms with Gasteiger partial charge in [-0.3, -0.25) is 0 Å². The molecule has 0 bridgehead atoms. The van der Waals surface area contributed by atoms with Gasteiger partial charge >= 0.3 is 0 Å². The van der Waals surface area contributed by atoms with E-state index >= 15 is 0 Å². The monoisotopic (exact) mass is 300 g/mol. The first kappa shape index (κ1) is 14.4. The van der Waals surface area contributed by atoms with Crippen molar-refractivity contribution in [1.29, 1.82) is 0 Å². The van der Waals surface area contributed by atoms with Crippen LogP contribution in [-0.4, -0.2) is 31.9 Å². The van der Waals surface area contributed by atoms with Crippen LogP contribution in [-0.2, 0) is 4.74 Å². The number of rotatable bonds is 7. The highest BCUT2D eigenvalue weighted by Crippen LogP contribution is 2.37. The molecule has 104 valence electrons. The predicted molar refractivity (Wildman–Crippen MR) is 80.8 cm³/mol. The summed E-state index contributed by atoms with van der Waals surface area (Å²) >= 11 is 7.73. The third kappa shape index (κ3) is 3.49. The van der Waals surface area contributed by atoms with Crippen LogP contribution in [0.15, 0.2) is 12.1 Å². The van der Waals surface area contributed by atoms with Crippen LogP contribution in [0.25, 0.3) is 10.2 Å². The van der Waals surface area contributed by atoms with Crippen molar-refractivity contribution < 1.29 is 9.47 Å². The Kier molecular flexibility index (Phi) is 5.24. The van der Waals surface area contributed by atoms with E-state index < -0.39 is 0 Å². The minimum atomic E-state index is 0.642. The summed E-state index contributed by atoms with van der Waals surface area (Å²) in [5.41, 5.74) is 0.825. The average molecular weight is 301 g/mol. The van der Waals surface area contributed by atoms with Crippen LogP contribution < -0.4 is 10.1 Å². The van der Waals surface area contributed by atoms with E-state index in [-0.39, 0.29) is 0 Å². The highest BCUT2D eigenvalue weighted by atomic mass is 35.5. The fourth-order valence-corrected chi connectivity index (χ4v) is 2.80. The fourth-order valence-electron chi connectivity index (χ4n) is 1.62. The van der Waals surface area contributed by atoms with Crippen LogP contribution in [0.3, 0.4) is 0 Å². The minimum absolute atomic E-state index is 0.642. The van der Waals surface area contributed by atoms with Gasteiger partial charge in [0.15, 0.2) is 5.13 Å². The topological polar surface area (TPSA) is 43.4 Å². The largest absolute Gasteiger partial charge is 0.491 e. The summed E-state index contributed by atoms with van der Waals surface area (Å²) in [5.74, 6) is 0.789. The third-order valence-electron chi connectivity index (χ3n) is 2.50. The number of anilines is 1. The first-order valence-electron chi connectivity index (χ1n) is 6.21. The second-order valence-electron chi connectivity index (χ2n) is 4.01. The first-order chi connectivity index (χ1) is 9.26. The number of halogens is 1. The predicted octanol–water partition coefficient (Wildman–Crippen LogP) is 3.80. The second-order valence-corrected chi connectivity index (χ2v) is 5.42. The number of fused-ring (bicyclic) bond motifs is 1. The van der Waals surface area contributed by atoms with Crippen molar-refractivity contribution in [3.63, 3.8) is 0 Å². The Balaban J connectivity index is 2.25. The van der Waals surface area contributed by atoms with Crippen molar-refractivity contribution in [2.24, 2.45) is 0 Å². The van der Waals surface area contributed by atoms with Crippen molar-refractivity contribution in [1.82, 2.24) is 4.98 Å². The summed E-state index contributed by atoms with van der Waals surface area (Å²) in [6.07, 6.45) is 0.965. The Bertz CT molecular complexity index is 545. The Morgan fingerprint density at radius 3 is 2.95 bits per heavy atom. The minimum Gasteiger partial charge on any atom is -0.491 e. The van der Waals surface area contributed by atoms with Gasteiger partial charge in [0.1, 0.15) is 11.3 Å². The van der Waals surface area contributed by atoms with Crippen LogP contribution in [0.5, 0.6) is 5.75 Å². The summed E-state index contributed by atoms with van der Waals surface area (Å²) in [5, 5.41) is 4.75. The number of thiazole rings is 1. The van der Waals surface area contributed by atoms with E-state index in [2.05, 4.69) is 17.2 Å². The van der Waals surface area contributed by atoms with Gasteiger partial charge in [-0.2, -0.15) is 0 Å². The Morgan fingerprint density at radius 1 is 1.37 bits per heavy atom. The van der Waals surface area contributed by atoms with Gasteiger partial charge in [0.25, 0.3) is 0 Å². The maximum atomic E-state index is 6.20. The molecule has 2 rings (SSSR count). The lowest BCUT2D eigenvalue weighted by Gasteiger charge is -2.05. The molecule has 0 amide bonds. The summed E-state index contributed by atoms with van der Waals surface area (Å²) in [4.78, 5) is 4.54. The van der Waals surface area contributed by atoms with Crippen LogP contribution in [0.4, 0.5) is 5.13 Å². The van der Waals surface area contributed by atoms with Crippen LogP contribution in [0.2, 0.25) is 5.02 Å². The van der Waals surface area contributed by atoms with Gasteiger partial charge in [0.05, 0.1) is 22.9 Å². The quantitative estimate of drug-likeness (QED) is 0.790. The van der Waals surface area contributed by atoms with Gasteiger partial charge in [-0.25, -0.2) is 4.98 Å². The van der Waals surface area contributed by atoms with Crippen molar-refractivity contribution in [2.45, 2.75) is 13.3 Å². The number of hydrogen-bond donors (Lipinski definition) is 1. The molecule has 19 heavy (non-hydrogen) atoms. The Labute approximate surface area is 121 Å². The molecule has 0 spiro atoms. The fraction of sp³-hybridized carbons (Fsp3) is 0.462. The molecule has 6 heteroatoms. The SMILES string of the molecule is CCCOc1ccc(Cl)c2sc(NCCOC)nc12. The molecule has 0 saturated carbocycles. The molecular formula is C13H17ClN2O2S. The second kappa shape index (κ2) is 6.93. The molecule has 1 aromatic carbocycles. The zero-order valence-corrected chi connectivity index (χ0v) is 12.6. The average Bonchev–Trinajstić information content (AvgIpc) is 2.83. The van der Waals surface area contributed by atoms with Gasteiger partial charge in [-0.05, 0) is 18.6 Å². The lowest BCUT2D eigenvalue weighted by Crippen LogP contribution is -2.06. The van der Waals surface area contributed by atoms with E-state index in [0.717, 1.165) is 34.1 Å². The smallest absolute Gasteiger partial charge is 0.184 e. The standard InChI is InChI=1S/C13H17ClN2O2S/c1-3-7-18-10-5-4-9(14)12-11(10)16-13(19-12)15-6-8-17-2/h4-5H,3,6-8H2,1-2H3,(H,15,16). The molecule has 1 N–H and O–H groups in total. The summed E-state index contributed by atoms with van der Waals surface area (Å²) in [6, 6.07) is 3.73. The molecule has 0 saturated heterocycles. The van der Waals surface area contributed by atoms with Crippen LogP contribution >= 0.6 is 22.9 Å². The zero-order valence-electron chi connectivity index (χ0n) is 11.0. The van der Waals surface area contributed by atoms with E-state index in [9.17, 15) is 0 Å². The van der Waals surface area contributed by atoms with E-state index in [0.29, 0.717) is 18.2 Å². The maximum Gasteiger partial charge on any atom is 0.184 e. The van der Waals surface area contributed by atoms with Crippen molar-refractivity contribution in [2.75, 3.05) is 32.2 Å². The lowest BCUT2D eigenvalue weighted by atomic mass is 10.3. The van der Waals surface area contributed by atoms with Gasteiger partial charge < -0.3 is 14.8 Å². The first-order valence-corrected chi connectivity index (χ1v) is 7.40. The van der Waals surface area contributed by atoms with Gasteiger partial charge in [0, 0.05) is 13.7 Å². The molecule has 0 aliphatic carbocycles. The molecule has 0 radical (unpaired) electrons. The number of nitrogens with zero attached hydrogens (tertiary/aromatic N) is 1. The number of methoxy groups -OCH3 is 1. The van der Waals surface area contributed by atoms with E-state index in [4.69, 9.17) is 21.1 Å². The van der Waals surface area contributed by atoms with Crippen molar-refractivity contribution in [3.8, 4) is 5.75 Å². The molecule has 0 aliphatic rings. The van der Waals surface area contributed by atoms with E-state index in [1.54, 1.807) is 7.11 Å². The van der Waals surface area contributed by atoms with Gasteiger partial charge in [-0.15, -0.1) is 0 Å². The summed E-state index contributed by atoms with van der Waals surface area (Å²) < 4.78 is 11.7. The molecule has 1 aromatic heterocycles. The molecule has 0 unspecified atom stereocenters. The number of hydrogen-bond acceptors (Lipinski definition) is 5. The molecule has 0 fully saturated rings. The molecular weight excluding hydrogens is 284 g/mol. The summed E-state index contributed by atoms with van der Waals surface area (Å²) in [6.45, 7) is 4.12. The Morgan fingerprint density at radius 2 is 2.21 bits per heavy atom. The normalized spacial score (nSPS) is 10.9. The third-order valence-corrected chi connectivity index (χ3v) is 3.98. The van der Waals surface area contributed by atoms with E-state index in [1.165, 1.54) is 11.3 Å². The Hall–Kier alpha value is -1.04. The maximum absolute atomic E-state index is 6.20. The lowest BCUT2D eigenvalue weighted by molar-refractivity contribution is 0.211. The number of aromatic nitrogens is 1. The number of nitrogens with one attached hydrogen (secondary N) is 1. The summed E-state index contributed by atoms with van der Waals surface area (Å²) in [7, 11) is 1.67. The van der Waals surface area contributed by atoms with Gasteiger partial charge in [-0.1, -0.05) is 29.9 Å². The van der Waals surface area contributed by atoms with E-state index in [1.807, 2.05) is 12.1 Å². The van der Waals surface area contributed by atoms with Gasteiger partial charge in [0.2, 0.25) is 0 Å². The van der Waals surface area contributed by atoms with Crippen LogP contribution in [0.1, 0.15) is 13.3 Å². The number of benzene rings is 1. The molecule has 2 aromatic rings.